The molecule has 8 atom stereocenters. The minimum Gasteiger partial charge on any atom is -0.391 e. The number of ketones is 2. The minimum absolute atomic E-state index is 0.00929. The maximum atomic E-state index is 12.7. The second-order valence-electron chi connectivity index (χ2n) is 9.72. The van der Waals surface area contributed by atoms with E-state index in [1.165, 1.54) is 0 Å². The maximum absolute atomic E-state index is 12.7. The van der Waals surface area contributed by atoms with Crippen molar-refractivity contribution < 1.29 is 19.8 Å². The van der Waals surface area contributed by atoms with Crippen LogP contribution in [0.15, 0.2) is 23.8 Å². The van der Waals surface area contributed by atoms with Gasteiger partial charge < -0.3 is 10.2 Å². The molecule has 4 aliphatic rings. The Kier molecular flexibility index (Phi) is 4.53. The first-order chi connectivity index (χ1) is 13.0. The Morgan fingerprint density at radius 2 is 2.00 bits per heavy atom. The van der Waals surface area contributed by atoms with Crippen molar-refractivity contribution in [2.75, 3.05) is 5.88 Å². The molecule has 4 nitrogen and oxygen atoms in total. The summed E-state index contributed by atoms with van der Waals surface area (Å²) in [7, 11) is 0. The Hall–Kier alpha value is -0.680. The van der Waals surface area contributed by atoms with Crippen molar-refractivity contribution in [1.29, 1.82) is 0 Å². The average molecular weight is 427 g/mol. The molecular weight excluding hydrogens is 399 g/mol. The molecule has 3 fully saturated rings. The van der Waals surface area contributed by atoms with Crippen LogP contribution in [0.1, 0.15) is 46.5 Å². The number of carbonyl (C=O) groups excluding carboxylic acids is 2. The number of rotatable bonds is 2. The van der Waals surface area contributed by atoms with Gasteiger partial charge in [0.05, 0.1) is 16.9 Å². The molecule has 154 valence electrons. The van der Waals surface area contributed by atoms with Crippen LogP contribution in [0.5, 0.6) is 0 Å². The van der Waals surface area contributed by atoms with Gasteiger partial charge in [0.1, 0.15) is 5.60 Å². The number of Topliss-reactive ketones (excluding diaryl/α,β-unsaturated/α-hetero) is 1. The normalized spacial score (nSPS) is 52.5. The minimum atomic E-state index is -1.56. The predicted octanol–water partition coefficient (Wildman–Crippen LogP) is 3.41. The van der Waals surface area contributed by atoms with Gasteiger partial charge in [0, 0.05) is 10.8 Å². The van der Waals surface area contributed by atoms with Gasteiger partial charge in [-0.2, -0.15) is 0 Å². The molecule has 4 rings (SSSR count). The van der Waals surface area contributed by atoms with Gasteiger partial charge in [-0.05, 0) is 55.6 Å². The summed E-state index contributed by atoms with van der Waals surface area (Å²) in [5, 5.41) is 22.9. The maximum Gasteiger partial charge on any atom is 0.179 e. The highest BCUT2D eigenvalue weighted by Gasteiger charge is 2.74. The van der Waals surface area contributed by atoms with Crippen LogP contribution in [0.25, 0.3) is 0 Å². The first-order valence-electron chi connectivity index (χ1n) is 10.1. The van der Waals surface area contributed by atoms with Crippen molar-refractivity contribution in [2.24, 2.45) is 28.6 Å². The monoisotopic (exact) mass is 426 g/mol. The molecule has 0 aliphatic heterocycles. The molecule has 0 aromatic rings. The van der Waals surface area contributed by atoms with Crippen LogP contribution in [-0.4, -0.2) is 44.2 Å². The zero-order chi connectivity index (χ0) is 20.7. The van der Waals surface area contributed by atoms with Gasteiger partial charge >= 0.3 is 0 Å². The molecule has 0 saturated heterocycles. The topological polar surface area (TPSA) is 74.6 Å². The lowest BCUT2D eigenvalue weighted by Crippen LogP contribution is -2.68. The second-order valence-corrected chi connectivity index (χ2v) is 10.6. The summed E-state index contributed by atoms with van der Waals surface area (Å²) in [6, 6.07) is 0. The van der Waals surface area contributed by atoms with Crippen LogP contribution in [-0.2, 0) is 9.59 Å². The van der Waals surface area contributed by atoms with Crippen molar-refractivity contribution >= 4 is 34.8 Å². The molecule has 28 heavy (non-hydrogen) atoms. The number of hydrogen-bond donors (Lipinski definition) is 2. The summed E-state index contributed by atoms with van der Waals surface area (Å²) in [5.74, 6) is -1.00. The predicted molar refractivity (Wildman–Crippen MR) is 108 cm³/mol. The lowest BCUT2D eigenvalue weighted by atomic mass is 9.45. The van der Waals surface area contributed by atoms with Gasteiger partial charge in [0.2, 0.25) is 0 Å². The number of hydrogen-bond acceptors (Lipinski definition) is 4. The lowest BCUT2D eigenvalue weighted by Gasteiger charge is -2.63. The van der Waals surface area contributed by atoms with Gasteiger partial charge in [0.15, 0.2) is 11.6 Å². The fraction of sp³-hybridized carbons (Fsp3) is 0.727. The number of carbonyl (C=O) groups is 2. The Bertz CT molecular complexity index is 806. The van der Waals surface area contributed by atoms with E-state index in [4.69, 9.17) is 23.2 Å². The van der Waals surface area contributed by atoms with Gasteiger partial charge in [-0.3, -0.25) is 9.59 Å². The van der Waals surface area contributed by atoms with Gasteiger partial charge in [-0.1, -0.05) is 32.4 Å². The Balaban J connectivity index is 1.84. The molecule has 0 spiro atoms. The fourth-order valence-corrected chi connectivity index (χ4v) is 7.97. The third-order valence-corrected chi connectivity index (χ3v) is 9.94. The van der Waals surface area contributed by atoms with E-state index in [9.17, 15) is 19.8 Å². The zero-order valence-corrected chi connectivity index (χ0v) is 18.1. The Morgan fingerprint density at radius 3 is 2.64 bits per heavy atom. The third kappa shape index (κ3) is 2.16. The van der Waals surface area contributed by atoms with Crippen molar-refractivity contribution in [3.63, 3.8) is 0 Å². The van der Waals surface area contributed by atoms with E-state index >= 15 is 0 Å². The van der Waals surface area contributed by atoms with Gasteiger partial charge in [-0.25, -0.2) is 0 Å². The first-order valence-corrected chi connectivity index (χ1v) is 11.0. The lowest BCUT2D eigenvalue weighted by molar-refractivity contribution is -0.175. The van der Waals surface area contributed by atoms with E-state index in [1.807, 2.05) is 26.8 Å². The molecule has 6 heteroatoms. The molecule has 2 unspecified atom stereocenters. The molecule has 2 N–H and O–H groups in total. The summed E-state index contributed by atoms with van der Waals surface area (Å²) in [6.45, 7) is 5.81. The van der Waals surface area contributed by atoms with Crippen LogP contribution in [0.4, 0.5) is 0 Å². The molecule has 0 aromatic heterocycles. The molecule has 4 aliphatic carbocycles. The van der Waals surface area contributed by atoms with E-state index in [1.54, 1.807) is 12.2 Å². The number of alkyl halides is 2. The highest BCUT2D eigenvalue weighted by atomic mass is 35.5. The van der Waals surface area contributed by atoms with E-state index < -0.39 is 27.4 Å². The number of allylic oxidation sites excluding steroid dienone is 4. The molecule has 0 bridgehead atoms. The van der Waals surface area contributed by atoms with Crippen LogP contribution in [0, 0.1) is 28.6 Å². The largest absolute Gasteiger partial charge is 0.391 e. The van der Waals surface area contributed by atoms with Crippen molar-refractivity contribution in [3.8, 4) is 0 Å². The quantitative estimate of drug-likeness (QED) is 0.663. The van der Waals surface area contributed by atoms with Crippen molar-refractivity contribution in [2.45, 2.75) is 63.0 Å². The number of fused-ring (bicyclic) bond motifs is 5. The second kappa shape index (κ2) is 6.16. The van der Waals surface area contributed by atoms with Gasteiger partial charge in [0.25, 0.3) is 0 Å². The van der Waals surface area contributed by atoms with Crippen molar-refractivity contribution in [1.82, 2.24) is 0 Å². The molecule has 3 saturated carbocycles. The third-order valence-electron chi connectivity index (χ3n) is 8.77. The first kappa shape index (κ1) is 20.6. The van der Waals surface area contributed by atoms with Crippen LogP contribution in [0.3, 0.4) is 0 Å². The summed E-state index contributed by atoms with van der Waals surface area (Å²) in [6.07, 6.45) is 6.47. The zero-order valence-electron chi connectivity index (χ0n) is 16.5. The van der Waals surface area contributed by atoms with Crippen molar-refractivity contribution in [3.05, 3.63) is 23.8 Å². The van der Waals surface area contributed by atoms with Crippen LogP contribution < -0.4 is 0 Å². The van der Waals surface area contributed by atoms with Crippen LogP contribution >= 0.6 is 23.2 Å². The highest BCUT2D eigenvalue weighted by molar-refractivity contribution is 6.29. The summed E-state index contributed by atoms with van der Waals surface area (Å²) in [5.41, 5.74) is -2.01. The number of aliphatic hydroxyl groups is 2. The molecular formula is C22H28Cl2O4. The Labute approximate surface area is 176 Å². The van der Waals surface area contributed by atoms with E-state index in [0.29, 0.717) is 6.42 Å². The SMILES string of the molecule is C[C@@H]1C[C@H]2[C@@H]3CCC4=CC(=O)C=C[C@]4(C)C3(Cl)C(O)C[C@]2(C)[C@@]1(O)C(=O)CCl. The molecule has 0 amide bonds. The number of aliphatic hydroxyl groups excluding tert-OH is 1. The van der Waals surface area contributed by atoms with E-state index in [2.05, 4.69) is 0 Å². The summed E-state index contributed by atoms with van der Waals surface area (Å²) < 4.78 is 0. The summed E-state index contributed by atoms with van der Waals surface area (Å²) >= 11 is 13.2. The van der Waals surface area contributed by atoms with E-state index in [0.717, 1.165) is 18.4 Å². The highest BCUT2D eigenvalue weighted by Crippen LogP contribution is 2.71. The summed E-state index contributed by atoms with van der Waals surface area (Å²) in [4.78, 5) is 23.7. The Morgan fingerprint density at radius 1 is 1.32 bits per heavy atom. The fourth-order valence-electron chi connectivity index (χ4n) is 7.24. The van der Waals surface area contributed by atoms with Crippen LogP contribution in [0.2, 0.25) is 0 Å². The smallest absolute Gasteiger partial charge is 0.179 e. The number of halogens is 2. The molecule has 0 radical (unpaired) electrons. The average Bonchev–Trinajstić information content (AvgIpc) is 2.84. The van der Waals surface area contributed by atoms with Gasteiger partial charge in [-0.15, -0.1) is 23.2 Å². The molecule has 0 aromatic carbocycles. The standard InChI is InChI=1S/C22H28Cl2O4/c1-12-8-16-15-5-4-13-9-14(25)6-7-19(13,2)21(15,24)17(26)10-20(16,3)22(12,28)18(27)11-23/h6-7,9,12,15-17,26,28H,4-5,8,10-11H2,1-3H3/t12-,15+,16+,17?,19+,20+,21?,22+/m1/s1. The van der Waals surface area contributed by atoms with E-state index in [-0.39, 0.29) is 41.6 Å². The molecule has 0 heterocycles.